The average Bonchev–Trinajstić information content (AvgIpc) is 3.10. The maximum Gasteiger partial charge on any atom is 0.287 e. The largest absolute Gasteiger partial charge is 0.380 e. The fourth-order valence-corrected chi connectivity index (χ4v) is 3.92. The Morgan fingerprint density at radius 3 is 2.68 bits per heavy atom. The highest BCUT2D eigenvalue weighted by Gasteiger charge is 2.26. The fourth-order valence-electron chi connectivity index (χ4n) is 3.92. The molecule has 0 heterocycles. The number of nitrogens with zero attached hydrogens (tertiary/aromatic N) is 2. The van der Waals surface area contributed by atoms with Gasteiger partial charge in [0, 0.05) is 7.11 Å². The van der Waals surface area contributed by atoms with E-state index in [9.17, 15) is 10.1 Å². The molecule has 2 aromatic rings. The van der Waals surface area contributed by atoms with E-state index in [4.69, 9.17) is 4.74 Å². The molecule has 0 spiro atoms. The molecule has 3 rings (SSSR count). The maximum absolute atomic E-state index is 12.2. The zero-order valence-electron chi connectivity index (χ0n) is 16.4. The first-order valence-corrected chi connectivity index (χ1v) is 9.39. The lowest BCUT2D eigenvalue weighted by Crippen LogP contribution is -2.05. The van der Waals surface area contributed by atoms with Crippen molar-refractivity contribution in [3.63, 3.8) is 0 Å². The lowest BCUT2D eigenvalue weighted by atomic mass is 9.87. The second-order valence-corrected chi connectivity index (χ2v) is 7.20. The van der Waals surface area contributed by atoms with Crippen LogP contribution in [0.5, 0.6) is 0 Å². The van der Waals surface area contributed by atoms with Crippen LogP contribution < -0.4 is 0 Å². The van der Waals surface area contributed by atoms with Crippen molar-refractivity contribution in [1.82, 2.24) is 0 Å². The summed E-state index contributed by atoms with van der Waals surface area (Å²) >= 11 is 0. The number of hydrogen-bond donors (Lipinski definition) is 0. The number of benzene rings is 2. The number of rotatable bonds is 6. The molecule has 0 unspecified atom stereocenters. The molecule has 0 saturated carbocycles. The van der Waals surface area contributed by atoms with Gasteiger partial charge in [-0.3, -0.25) is 4.79 Å². The monoisotopic (exact) mass is 372 g/mol. The summed E-state index contributed by atoms with van der Waals surface area (Å²) in [6.45, 7) is 5.93. The summed E-state index contributed by atoms with van der Waals surface area (Å²) < 4.78 is 5.23. The Bertz CT molecular complexity index is 965. The van der Waals surface area contributed by atoms with Gasteiger partial charge in [0.05, 0.1) is 6.61 Å². The molecular weight excluding hydrogens is 348 g/mol. The highest BCUT2D eigenvalue weighted by atomic mass is 16.5. The molecule has 1 aliphatic rings. The second-order valence-electron chi connectivity index (χ2n) is 7.20. The van der Waals surface area contributed by atoms with Crippen molar-refractivity contribution in [2.75, 3.05) is 7.11 Å². The first-order chi connectivity index (χ1) is 13.6. The number of hydrogen-bond acceptors (Lipinski definition) is 3. The fraction of sp³-hybridized carbons (Fsp3) is 0.292. The minimum absolute atomic E-state index is 0.0864. The zero-order chi connectivity index (χ0) is 20.1. The summed E-state index contributed by atoms with van der Waals surface area (Å²) in [5.41, 5.74) is 6.65. The molecular formula is C24H24N2O2. The summed E-state index contributed by atoms with van der Waals surface area (Å²) in [7, 11) is 1.70. The Hall–Kier alpha value is -3.03. The topological polar surface area (TPSA) is 62.5 Å². The zero-order valence-corrected chi connectivity index (χ0v) is 16.4. The van der Waals surface area contributed by atoms with Gasteiger partial charge in [0.2, 0.25) is 0 Å². The smallest absolute Gasteiger partial charge is 0.287 e. The van der Waals surface area contributed by atoms with E-state index in [1.807, 2.05) is 31.2 Å². The van der Waals surface area contributed by atoms with Gasteiger partial charge >= 0.3 is 0 Å². The number of ether oxygens (including phenoxy) is 1. The minimum Gasteiger partial charge on any atom is -0.380 e. The van der Waals surface area contributed by atoms with Crippen molar-refractivity contribution in [2.24, 2.45) is 4.99 Å². The van der Waals surface area contributed by atoms with Gasteiger partial charge in [-0.15, -0.1) is 0 Å². The maximum atomic E-state index is 12.2. The number of carbonyl (C=O) groups is 1. The molecule has 0 saturated heterocycles. The normalized spacial score (nSPS) is 16.1. The number of nitriles is 1. The molecule has 4 heteroatoms. The third-order valence-electron chi connectivity index (χ3n) is 5.34. The summed E-state index contributed by atoms with van der Waals surface area (Å²) in [6.07, 6.45) is 2.62. The van der Waals surface area contributed by atoms with E-state index < -0.39 is 5.91 Å². The van der Waals surface area contributed by atoms with Crippen LogP contribution in [0.15, 0.2) is 53.0 Å². The van der Waals surface area contributed by atoms with Crippen LogP contribution >= 0.6 is 0 Å². The third-order valence-corrected chi connectivity index (χ3v) is 5.34. The Kier molecular flexibility index (Phi) is 6.18. The highest BCUT2D eigenvalue weighted by Crippen LogP contribution is 2.41. The van der Waals surface area contributed by atoms with Gasteiger partial charge in [-0.2, -0.15) is 5.26 Å². The molecule has 0 radical (unpaired) electrons. The number of methoxy groups -OCH3 is 1. The van der Waals surface area contributed by atoms with E-state index in [-0.39, 0.29) is 11.5 Å². The van der Waals surface area contributed by atoms with Crippen molar-refractivity contribution in [2.45, 2.75) is 38.7 Å². The van der Waals surface area contributed by atoms with E-state index in [1.54, 1.807) is 7.11 Å². The van der Waals surface area contributed by atoms with E-state index in [2.05, 4.69) is 36.0 Å². The van der Waals surface area contributed by atoms with Crippen molar-refractivity contribution >= 4 is 18.2 Å². The lowest BCUT2D eigenvalue weighted by Gasteiger charge is -2.17. The third kappa shape index (κ3) is 4.11. The summed E-state index contributed by atoms with van der Waals surface area (Å²) in [6, 6.07) is 16.5. The number of amides is 1. The van der Waals surface area contributed by atoms with Gasteiger partial charge in [0.1, 0.15) is 11.6 Å². The summed E-state index contributed by atoms with van der Waals surface area (Å²) in [5.74, 6) is -0.296. The lowest BCUT2D eigenvalue weighted by molar-refractivity contribution is -0.113. The van der Waals surface area contributed by atoms with Crippen LogP contribution in [0, 0.1) is 18.3 Å². The van der Waals surface area contributed by atoms with E-state index in [0.717, 1.165) is 29.5 Å². The van der Waals surface area contributed by atoms with Crippen LogP contribution in [0.3, 0.4) is 0 Å². The number of fused-ring (bicyclic) bond motifs is 1. The summed E-state index contributed by atoms with van der Waals surface area (Å²) in [4.78, 5) is 15.7. The van der Waals surface area contributed by atoms with Crippen LogP contribution in [0.2, 0.25) is 0 Å². The highest BCUT2D eigenvalue weighted by molar-refractivity contribution is 6.06. The molecule has 28 heavy (non-hydrogen) atoms. The minimum atomic E-state index is -0.563. The molecule has 2 aromatic carbocycles. The van der Waals surface area contributed by atoms with E-state index >= 15 is 0 Å². The number of carbonyl (C=O) groups excluding carboxylic acids is 1. The van der Waals surface area contributed by atoms with Gasteiger partial charge in [-0.1, -0.05) is 48.0 Å². The molecule has 1 atom stereocenters. The molecule has 4 nitrogen and oxygen atoms in total. The van der Waals surface area contributed by atoms with Crippen molar-refractivity contribution in [3.05, 3.63) is 75.9 Å². The standard InChI is InChI=1S/C24H24N2O2/c1-16-4-7-18(8-5-16)22(23(14-25)24(27)26-2)13-20-10-9-19-12-17(15-28-3)6-11-21(19)20/h4-8,11-12,20H,2,9-10,13,15H2,1,3H3/b23-22+/t20-/m1/s1. The van der Waals surface area contributed by atoms with E-state index in [0.29, 0.717) is 13.0 Å². The summed E-state index contributed by atoms with van der Waals surface area (Å²) in [5, 5.41) is 9.65. The van der Waals surface area contributed by atoms with Gasteiger partial charge in [0.25, 0.3) is 5.91 Å². The van der Waals surface area contributed by atoms with Crippen LogP contribution in [0.25, 0.3) is 5.57 Å². The van der Waals surface area contributed by atoms with Gasteiger partial charge in [-0.05, 0) is 66.6 Å². The van der Waals surface area contributed by atoms with Crippen LogP contribution in [0.1, 0.15) is 46.6 Å². The number of aryl methyl sites for hydroxylation is 2. The van der Waals surface area contributed by atoms with Crippen molar-refractivity contribution in [1.29, 1.82) is 5.26 Å². The predicted molar refractivity (Wildman–Crippen MR) is 111 cm³/mol. The SMILES string of the molecule is C=NC(=O)/C(C#N)=C(\C[C@H]1CCc2cc(COC)ccc21)c1ccc(C)cc1. The van der Waals surface area contributed by atoms with Gasteiger partial charge in [0.15, 0.2) is 0 Å². The molecule has 0 aliphatic heterocycles. The van der Waals surface area contributed by atoms with E-state index in [1.165, 1.54) is 16.7 Å². The van der Waals surface area contributed by atoms with Crippen LogP contribution in [0.4, 0.5) is 0 Å². The Labute approximate surface area is 166 Å². The number of allylic oxidation sites excluding steroid dienone is 1. The van der Waals surface area contributed by atoms with Gasteiger partial charge < -0.3 is 4.74 Å². The van der Waals surface area contributed by atoms with Crippen molar-refractivity contribution in [3.8, 4) is 6.07 Å². The molecule has 0 aromatic heterocycles. The van der Waals surface area contributed by atoms with Crippen LogP contribution in [-0.4, -0.2) is 19.7 Å². The quantitative estimate of drug-likeness (QED) is 0.417. The van der Waals surface area contributed by atoms with Gasteiger partial charge in [-0.25, -0.2) is 4.99 Å². The molecule has 1 aliphatic carbocycles. The molecule has 0 bridgehead atoms. The molecule has 0 N–H and O–H groups in total. The molecule has 142 valence electrons. The Morgan fingerprint density at radius 1 is 1.29 bits per heavy atom. The Morgan fingerprint density at radius 2 is 2.04 bits per heavy atom. The first-order valence-electron chi connectivity index (χ1n) is 9.39. The number of aliphatic imine (C=N–C) groups is 1. The van der Waals surface area contributed by atoms with Crippen molar-refractivity contribution < 1.29 is 9.53 Å². The Balaban J connectivity index is 1.99. The molecule has 1 amide bonds. The second kappa shape index (κ2) is 8.77. The van der Waals surface area contributed by atoms with Crippen LogP contribution in [-0.2, 0) is 22.6 Å². The predicted octanol–water partition coefficient (Wildman–Crippen LogP) is 4.77. The average molecular weight is 372 g/mol. The molecule has 0 fully saturated rings. The first kappa shape index (κ1) is 19.7.